The molecule has 1 unspecified atom stereocenters. The number of amides is 2. The van der Waals surface area contributed by atoms with E-state index in [0.717, 1.165) is 43.7 Å². The summed E-state index contributed by atoms with van der Waals surface area (Å²) < 4.78 is 43.4. The van der Waals surface area contributed by atoms with Crippen molar-refractivity contribution in [3.05, 3.63) is 52.3 Å². The lowest BCUT2D eigenvalue weighted by Gasteiger charge is -2.35. The minimum absolute atomic E-state index is 0.0123. The molecule has 2 N–H and O–H groups in total. The molecule has 2 fully saturated rings. The molecule has 3 aromatic rings. The number of carbonyl (C=O) groups excluding carboxylic acids is 2. The number of likely N-dealkylation sites (tertiary alicyclic amines) is 1. The number of benzene rings is 1. The van der Waals surface area contributed by atoms with E-state index >= 15 is 0 Å². The van der Waals surface area contributed by atoms with Crippen LogP contribution in [-0.4, -0.2) is 70.1 Å². The summed E-state index contributed by atoms with van der Waals surface area (Å²) in [5.41, 5.74) is 2.25. The zero-order valence-electron chi connectivity index (χ0n) is 22.2. The molecule has 2 amide bonds. The lowest BCUT2D eigenvalue weighted by atomic mass is 9.98. The Morgan fingerprint density at radius 1 is 1.22 bits per heavy atom. The van der Waals surface area contributed by atoms with Gasteiger partial charge in [-0.15, -0.1) is 0 Å². The van der Waals surface area contributed by atoms with E-state index in [1.165, 1.54) is 24.4 Å². The lowest BCUT2D eigenvalue weighted by Crippen LogP contribution is -2.39. The smallest absolute Gasteiger partial charge is 0.422 e. The van der Waals surface area contributed by atoms with Gasteiger partial charge in [0, 0.05) is 54.6 Å². The summed E-state index contributed by atoms with van der Waals surface area (Å²) in [7, 11) is 0. The zero-order chi connectivity index (χ0) is 29.3. The molecule has 10 nitrogen and oxygen atoms in total. The van der Waals surface area contributed by atoms with Gasteiger partial charge < -0.3 is 19.9 Å². The van der Waals surface area contributed by atoms with Gasteiger partial charge in [0.05, 0.1) is 23.0 Å². The van der Waals surface area contributed by atoms with Crippen LogP contribution in [0.5, 0.6) is 0 Å². The van der Waals surface area contributed by atoms with Crippen LogP contribution < -0.4 is 10.2 Å². The van der Waals surface area contributed by atoms with Crippen molar-refractivity contribution in [2.24, 2.45) is 5.92 Å². The summed E-state index contributed by atoms with van der Waals surface area (Å²) in [6.45, 7) is 2.17. The van der Waals surface area contributed by atoms with Gasteiger partial charge in [-0.1, -0.05) is 11.6 Å². The van der Waals surface area contributed by atoms with Crippen molar-refractivity contribution in [3.8, 4) is 0 Å². The number of hydrogen-bond acceptors (Lipinski definition) is 7. The standard InChI is InChI=1S/C27H29ClF3N7O3/c1-16-13-38-23(34-24(16)36-9-7-17(12-32)14-36)11-21(35-38)22-4-2-3-8-37(22)25(39)19-10-18(28)5-6-20(19)33-26(40)41-15-27(29,30)31/h5-6,10-13,17,22,32H,2-4,7-9,14-15H2,1H3,(H,33,40)/t17?,22-/m0/s1. The maximum atomic E-state index is 13.8. The van der Waals surface area contributed by atoms with Gasteiger partial charge in [-0.25, -0.2) is 14.3 Å². The van der Waals surface area contributed by atoms with Crippen LogP contribution in [0.25, 0.3) is 5.65 Å². The Hall–Kier alpha value is -3.87. The molecule has 4 heterocycles. The predicted molar refractivity (Wildman–Crippen MR) is 147 cm³/mol. The van der Waals surface area contributed by atoms with Crippen molar-refractivity contribution in [3.63, 3.8) is 0 Å². The number of aryl methyl sites for hydroxylation is 1. The van der Waals surface area contributed by atoms with Crippen molar-refractivity contribution >= 4 is 47.0 Å². The van der Waals surface area contributed by atoms with Crippen LogP contribution in [0.1, 0.15) is 53.3 Å². The molecule has 2 atom stereocenters. The number of fused-ring (bicyclic) bond motifs is 1. The molecule has 0 saturated carbocycles. The predicted octanol–water partition coefficient (Wildman–Crippen LogP) is 5.65. The molecule has 0 spiro atoms. The average molecular weight is 592 g/mol. The number of rotatable bonds is 6. The van der Waals surface area contributed by atoms with E-state index < -0.39 is 24.8 Å². The summed E-state index contributed by atoms with van der Waals surface area (Å²) in [4.78, 5) is 34.5. The first-order valence-corrected chi connectivity index (χ1v) is 13.6. The second-order valence-corrected chi connectivity index (χ2v) is 10.7. The van der Waals surface area contributed by atoms with Gasteiger partial charge in [0.25, 0.3) is 5.91 Å². The lowest BCUT2D eigenvalue weighted by molar-refractivity contribution is -0.159. The molecule has 14 heteroatoms. The Labute approximate surface area is 238 Å². The highest BCUT2D eigenvalue weighted by Crippen LogP contribution is 2.34. The molecule has 2 aliphatic rings. The normalized spacial score (nSPS) is 19.4. The van der Waals surface area contributed by atoms with E-state index in [0.29, 0.717) is 24.3 Å². The molecular formula is C27H29ClF3N7O3. The van der Waals surface area contributed by atoms with Gasteiger partial charge >= 0.3 is 12.3 Å². The van der Waals surface area contributed by atoms with Gasteiger partial charge in [0.15, 0.2) is 12.3 Å². The molecule has 2 aromatic heterocycles. The third-order valence-corrected chi connectivity index (χ3v) is 7.54. The van der Waals surface area contributed by atoms with Crippen LogP contribution in [-0.2, 0) is 4.74 Å². The second kappa shape index (κ2) is 11.6. The fourth-order valence-corrected chi connectivity index (χ4v) is 5.52. The molecular weight excluding hydrogens is 563 g/mol. The van der Waals surface area contributed by atoms with Crippen LogP contribution in [0.15, 0.2) is 30.5 Å². The first-order valence-electron chi connectivity index (χ1n) is 13.3. The topological polar surface area (TPSA) is 116 Å². The summed E-state index contributed by atoms with van der Waals surface area (Å²) in [6.07, 6.45) is 0.518. The Balaban J connectivity index is 1.41. The quantitative estimate of drug-likeness (QED) is 0.358. The third-order valence-electron chi connectivity index (χ3n) is 7.30. The Morgan fingerprint density at radius 2 is 2.02 bits per heavy atom. The van der Waals surface area contributed by atoms with Crippen molar-refractivity contribution in [1.82, 2.24) is 19.5 Å². The van der Waals surface area contributed by atoms with E-state index in [1.807, 2.05) is 19.2 Å². The minimum atomic E-state index is -4.68. The number of alkyl halides is 3. The van der Waals surface area contributed by atoms with Gasteiger partial charge in [0.2, 0.25) is 0 Å². The number of piperidine rings is 1. The van der Waals surface area contributed by atoms with E-state index in [4.69, 9.17) is 27.1 Å². The molecule has 41 heavy (non-hydrogen) atoms. The molecule has 218 valence electrons. The Kier molecular flexibility index (Phi) is 8.07. The summed E-state index contributed by atoms with van der Waals surface area (Å²) in [5.74, 6) is 0.601. The number of aromatic nitrogens is 3. The maximum Gasteiger partial charge on any atom is 0.422 e. The van der Waals surface area contributed by atoms with E-state index in [9.17, 15) is 22.8 Å². The number of anilines is 2. The van der Waals surface area contributed by atoms with Crippen LogP contribution in [0.3, 0.4) is 0 Å². The van der Waals surface area contributed by atoms with Crippen LogP contribution in [0, 0.1) is 18.3 Å². The average Bonchev–Trinajstić information content (AvgIpc) is 3.58. The number of ether oxygens (including phenoxy) is 1. The highest BCUT2D eigenvalue weighted by atomic mass is 35.5. The molecule has 2 saturated heterocycles. The second-order valence-electron chi connectivity index (χ2n) is 10.3. The number of nitrogens with zero attached hydrogens (tertiary/aromatic N) is 5. The van der Waals surface area contributed by atoms with Gasteiger partial charge in [-0.3, -0.25) is 10.1 Å². The molecule has 5 rings (SSSR count). The number of nitrogens with one attached hydrogen (secondary N) is 2. The molecule has 1 aromatic carbocycles. The monoisotopic (exact) mass is 591 g/mol. The number of halogens is 4. The van der Waals surface area contributed by atoms with Crippen molar-refractivity contribution in [1.29, 1.82) is 5.41 Å². The third kappa shape index (κ3) is 6.39. The first-order chi connectivity index (χ1) is 19.5. The van der Waals surface area contributed by atoms with Crippen molar-refractivity contribution in [2.45, 2.75) is 44.8 Å². The minimum Gasteiger partial charge on any atom is -0.440 e. The van der Waals surface area contributed by atoms with Crippen molar-refractivity contribution < 1.29 is 27.5 Å². The summed E-state index contributed by atoms with van der Waals surface area (Å²) in [5, 5.41) is 14.8. The molecule has 0 radical (unpaired) electrons. The van der Waals surface area contributed by atoms with E-state index in [1.54, 1.807) is 9.42 Å². The zero-order valence-corrected chi connectivity index (χ0v) is 23.0. The van der Waals surface area contributed by atoms with E-state index in [-0.39, 0.29) is 28.2 Å². The van der Waals surface area contributed by atoms with Gasteiger partial charge in [-0.05, 0) is 50.8 Å². The SMILES string of the molecule is Cc1cn2nc([C@@H]3CCCCN3C(=O)c3cc(Cl)ccc3NC(=O)OCC(F)(F)F)cc2nc1N1CCC(C=N)C1. The first kappa shape index (κ1) is 28.7. The number of hydrogen-bond donors (Lipinski definition) is 2. The highest BCUT2D eigenvalue weighted by Gasteiger charge is 2.33. The fourth-order valence-electron chi connectivity index (χ4n) is 5.35. The Morgan fingerprint density at radius 3 is 2.76 bits per heavy atom. The molecule has 0 aliphatic carbocycles. The van der Waals surface area contributed by atoms with Gasteiger partial charge in [0.1, 0.15) is 5.82 Å². The molecule has 0 bridgehead atoms. The Bertz CT molecular complexity index is 1480. The maximum absolute atomic E-state index is 13.8. The fraction of sp³-hybridized carbons (Fsp3) is 0.444. The van der Waals surface area contributed by atoms with E-state index in [2.05, 4.69) is 15.0 Å². The number of carbonyl (C=O) groups is 2. The van der Waals surface area contributed by atoms with Gasteiger partial charge in [-0.2, -0.15) is 18.3 Å². The highest BCUT2D eigenvalue weighted by molar-refractivity contribution is 6.31. The van der Waals surface area contributed by atoms with Crippen LogP contribution in [0.2, 0.25) is 5.02 Å². The van der Waals surface area contributed by atoms with Crippen LogP contribution >= 0.6 is 11.6 Å². The van der Waals surface area contributed by atoms with Crippen LogP contribution in [0.4, 0.5) is 29.5 Å². The summed E-state index contributed by atoms with van der Waals surface area (Å²) in [6, 6.07) is 5.61. The molecule has 2 aliphatic heterocycles. The largest absolute Gasteiger partial charge is 0.440 e. The van der Waals surface area contributed by atoms with Crippen molar-refractivity contribution in [2.75, 3.05) is 36.5 Å². The summed E-state index contributed by atoms with van der Waals surface area (Å²) >= 11 is 6.16.